The molecule has 0 saturated carbocycles. The summed E-state index contributed by atoms with van der Waals surface area (Å²) in [5, 5.41) is 3.03. The fraction of sp³-hybridized carbons (Fsp3) is 0.533. The lowest BCUT2D eigenvalue weighted by molar-refractivity contribution is 0.125. The number of nitrogens with one attached hydrogen (secondary N) is 1. The van der Waals surface area contributed by atoms with Crippen LogP contribution >= 0.6 is 0 Å². The molecule has 0 fully saturated rings. The topological polar surface area (TPSA) is 68.9 Å². The third kappa shape index (κ3) is 6.99. The molecule has 0 unspecified atom stereocenters. The van der Waals surface area contributed by atoms with Gasteiger partial charge in [0, 0.05) is 13.1 Å². The third-order valence-corrected chi connectivity index (χ3v) is 2.61. The summed E-state index contributed by atoms with van der Waals surface area (Å²) in [4.78, 5) is 4.21. The minimum absolute atomic E-state index is 0.478. The van der Waals surface area contributed by atoms with Crippen LogP contribution in [0.2, 0.25) is 0 Å². The molecule has 0 aliphatic rings. The molecule has 1 rings (SSSR count). The highest BCUT2D eigenvalue weighted by atomic mass is 16.5. The van der Waals surface area contributed by atoms with E-state index in [9.17, 15) is 0 Å². The first kappa shape index (κ1) is 16.3. The predicted octanol–water partition coefficient (Wildman–Crippen LogP) is 1.77. The monoisotopic (exact) mass is 279 g/mol. The third-order valence-electron chi connectivity index (χ3n) is 2.61. The molecule has 112 valence electrons. The van der Waals surface area contributed by atoms with Crippen molar-refractivity contribution in [2.75, 3.05) is 26.8 Å². The molecule has 0 saturated heterocycles. The number of nitrogens with two attached hydrogens (primary N) is 1. The van der Waals surface area contributed by atoms with E-state index in [0.29, 0.717) is 31.6 Å². The Labute approximate surface area is 121 Å². The van der Waals surface area contributed by atoms with Gasteiger partial charge in [-0.2, -0.15) is 0 Å². The van der Waals surface area contributed by atoms with Crippen LogP contribution in [0.3, 0.4) is 0 Å². The van der Waals surface area contributed by atoms with Gasteiger partial charge in [0.15, 0.2) is 5.96 Å². The highest BCUT2D eigenvalue weighted by molar-refractivity contribution is 5.77. The van der Waals surface area contributed by atoms with Gasteiger partial charge in [-0.15, -0.1) is 0 Å². The average molecular weight is 279 g/mol. The van der Waals surface area contributed by atoms with Gasteiger partial charge >= 0.3 is 0 Å². The summed E-state index contributed by atoms with van der Waals surface area (Å²) >= 11 is 0. The summed E-state index contributed by atoms with van der Waals surface area (Å²) in [6.07, 6.45) is 0. The van der Waals surface area contributed by atoms with Gasteiger partial charge in [-0.1, -0.05) is 26.0 Å². The molecule has 5 nitrogen and oxygen atoms in total. The van der Waals surface area contributed by atoms with E-state index in [0.717, 1.165) is 17.9 Å². The molecule has 0 aliphatic heterocycles. The number of hydrogen-bond donors (Lipinski definition) is 2. The fourth-order valence-corrected chi connectivity index (χ4v) is 1.50. The minimum atomic E-state index is 0.478. The second-order valence-corrected chi connectivity index (χ2v) is 4.95. The van der Waals surface area contributed by atoms with Crippen LogP contribution in [-0.4, -0.2) is 32.8 Å². The first-order valence-corrected chi connectivity index (χ1v) is 6.86. The highest BCUT2D eigenvalue weighted by Crippen LogP contribution is 2.11. The van der Waals surface area contributed by atoms with Gasteiger partial charge in [-0.25, -0.2) is 0 Å². The Morgan fingerprint density at radius 1 is 1.30 bits per heavy atom. The van der Waals surface area contributed by atoms with Crippen LogP contribution in [0.5, 0.6) is 5.75 Å². The number of nitrogens with zero attached hydrogens (tertiary/aromatic N) is 1. The van der Waals surface area contributed by atoms with Gasteiger partial charge in [0.05, 0.1) is 20.3 Å². The molecule has 0 amide bonds. The molecule has 20 heavy (non-hydrogen) atoms. The van der Waals surface area contributed by atoms with Gasteiger partial charge < -0.3 is 20.5 Å². The molecule has 0 spiro atoms. The second kappa shape index (κ2) is 9.20. The highest BCUT2D eigenvalue weighted by Gasteiger charge is 1.96. The number of rotatable bonds is 8. The number of guanidine groups is 1. The second-order valence-electron chi connectivity index (χ2n) is 4.95. The van der Waals surface area contributed by atoms with Crippen LogP contribution in [0.25, 0.3) is 0 Å². The van der Waals surface area contributed by atoms with Gasteiger partial charge in [0.25, 0.3) is 0 Å². The smallest absolute Gasteiger partial charge is 0.188 e. The van der Waals surface area contributed by atoms with Crippen molar-refractivity contribution < 1.29 is 9.47 Å². The standard InChI is InChI=1S/C15H25N3O2/c1-12(2)10-18-15(16)17-8-9-20-11-13-4-6-14(19-3)7-5-13/h4-7,12H,8-11H2,1-3H3,(H3,16,17,18). The predicted molar refractivity (Wildman–Crippen MR) is 82.0 cm³/mol. The fourth-order valence-electron chi connectivity index (χ4n) is 1.50. The van der Waals surface area contributed by atoms with E-state index in [2.05, 4.69) is 24.2 Å². The van der Waals surface area contributed by atoms with E-state index in [4.69, 9.17) is 15.2 Å². The minimum Gasteiger partial charge on any atom is -0.497 e. The first-order chi connectivity index (χ1) is 9.61. The SMILES string of the molecule is COc1ccc(COCCNC(N)=NCC(C)C)cc1. The van der Waals surface area contributed by atoms with Crippen LogP contribution in [0.15, 0.2) is 29.3 Å². The van der Waals surface area contributed by atoms with Crippen molar-refractivity contribution in [1.82, 2.24) is 5.32 Å². The van der Waals surface area contributed by atoms with Crippen molar-refractivity contribution in [1.29, 1.82) is 0 Å². The zero-order chi connectivity index (χ0) is 14.8. The maximum Gasteiger partial charge on any atom is 0.188 e. The molecule has 1 aromatic rings. The van der Waals surface area contributed by atoms with E-state index < -0.39 is 0 Å². The van der Waals surface area contributed by atoms with Crippen molar-refractivity contribution in [2.24, 2.45) is 16.6 Å². The van der Waals surface area contributed by atoms with Crippen LogP contribution in [0.1, 0.15) is 19.4 Å². The Morgan fingerprint density at radius 2 is 2.00 bits per heavy atom. The summed E-state index contributed by atoms with van der Waals surface area (Å²) in [6.45, 7) is 6.78. The number of methoxy groups -OCH3 is 1. The molecule has 0 aromatic heterocycles. The van der Waals surface area contributed by atoms with Gasteiger partial charge in [0.2, 0.25) is 0 Å². The normalized spacial score (nSPS) is 11.7. The van der Waals surface area contributed by atoms with E-state index in [-0.39, 0.29) is 0 Å². The summed E-state index contributed by atoms with van der Waals surface area (Å²) in [5.41, 5.74) is 6.83. The van der Waals surface area contributed by atoms with Gasteiger partial charge in [-0.05, 0) is 23.6 Å². The summed E-state index contributed by atoms with van der Waals surface area (Å²) in [6, 6.07) is 7.83. The quantitative estimate of drug-likeness (QED) is 0.432. The van der Waals surface area contributed by atoms with Gasteiger partial charge in [0.1, 0.15) is 5.75 Å². The van der Waals surface area contributed by atoms with Crippen LogP contribution in [0, 0.1) is 5.92 Å². The summed E-state index contributed by atoms with van der Waals surface area (Å²) < 4.78 is 10.7. The lowest BCUT2D eigenvalue weighted by atomic mass is 10.2. The molecule has 1 aromatic carbocycles. The number of aliphatic imine (C=N–C) groups is 1. The van der Waals surface area contributed by atoms with E-state index in [1.807, 2.05) is 24.3 Å². The molecule has 5 heteroatoms. The van der Waals surface area contributed by atoms with Crippen LogP contribution in [0.4, 0.5) is 0 Å². The Morgan fingerprint density at radius 3 is 2.60 bits per heavy atom. The van der Waals surface area contributed by atoms with Gasteiger partial charge in [-0.3, -0.25) is 4.99 Å². The van der Waals surface area contributed by atoms with Crippen molar-refractivity contribution in [3.63, 3.8) is 0 Å². The Hall–Kier alpha value is -1.75. The molecule has 0 aliphatic carbocycles. The Bertz CT molecular complexity index is 402. The summed E-state index contributed by atoms with van der Waals surface area (Å²) in [5.74, 6) is 1.85. The zero-order valence-electron chi connectivity index (χ0n) is 12.6. The van der Waals surface area contributed by atoms with Crippen molar-refractivity contribution in [3.8, 4) is 5.75 Å². The van der Waals surface area contributed by atoms with Crippen molar-refractivity contribution >= 4 is 5.96 Å². The Kier molecular flexibility index (Phi) is 7.50. The number of benzene rings is 1. The molecule has 0 radical (unpaired) electrons. The van der Waals surface area contributed by atoms with E-state index in [1.54, 1.807) is 7.11 Å². The zero-order valence-corrected chi connectivity index (χ0v) is 12.6. The van der Waals surface area contributed by atoms with E-state index >= 15 is 0 Å². The molecule has 0 bridgehead atoms. The molecule has 0 atom stereocenters. The molecular formula is C15H25N3O2. The lowest BCUT2D eigenvalue weighted by Crippen LogP contribution is -2.34. The van der Waals surface area contributed by atoms with Crippen molar-refractivity contribution in [2.45, 2.75) is 20.5 Å². The summed E-state index contributed by atoms with van der Waals surface area (Å²) in [7, 11) is 1.66. The maximum absolute atomic E-state index is 5.72. The number of ether oxygens (including phenoxy) is 2. The Balaban J connectivity index is 2.13. The molecule has 3 N–H and O–H groups in total. The van der Waals surface area contributed by atoms with E-state index in [1.165, 1.54) is 0 Å². The number of hydrogen-bond acceptors (Lipinski definition) is 3. The lowest BCUT2D eigenvalue weighted by Gasteiger charge is -2.08. The van der Waals surface area contributed by atoms with Crippen LogP contribution in [-0.2, 0) is 11.3 Å². The molecular weight excluding hydrogens is 254 g/mol. The largest absolute Gasteiger partial charge is 0.497 e. The first-order valence-electron chi connectivity index (χ1n) is 6.86. The van der Waals surface area contributed by atoms with Crippen LogP contribution < -0.4 is 15.8 Å². The maximum atomic E-state index is 5.72. The average Bonchev–Trinajstić information content (AvgIpc) is 2.45. The van der Waals surface area contributed by atoms with Crippen molar-refractivity contribution in [3.05, 3.63) is 29.8 Å². The molecule has 0 heterocycles.